The van der Waals surface area contributed by atoms with Crippen LogP contribution >= 0.6 is 0 Å². The summed E-state index contributed by atoms with van der Waals surface area (Å²) in [4.78, 5) is 15.4. The van der Waals surface area contributed by atoms with Gasteiger partial charge in [-0.05, 0) is 11.6 Å². The van der Waals surface area contributed by atoms with E-state index in [4.69, 9.17) is 5.73 Å². The van der Waals surface area contributed by atoms with E-state index in [9.17, 15) is 9.18 Å². The molecule has 0 saturated carbocycles. The lowest BCUT2D eigenvalue weighted by atomic mass is 10.1. The maximum atomic E-state index is 13.3. The third-order valence-electron chi connectivity index (χ3n) is 2.73. The number of hydrogen-bond acceptors (Lipinski definition) is 3. The Kier molecular flexibility index (Phi) is 4.20. The van der Waals surface area contributed by atoms with Crippen LogP contribution in [0.5, 0.6) is 0 Å². The molecule has 0 spiro atoms. The quantitative estimate of drug-likeness (QED) is 0.877. The number of nitrogens with zero attached hydrogens (tertiary/aromatic N) is 1. The molecule has 0 aliphatic heterocycles. The van der Waals surface area contributed by atoms with Gasteiger partial charge >= 0.3 is 0 Å². The zero-order valence-corrected chi connectivity index (χ0v) is 10.2. The van der Waals surface area contributed by atoms with Gasteiger partial charge in [0, 0.05) is 18.8 Å². The van der Waals surface area contributed by atoms with Crippen molar-refractivity contribution in [2.24, 2.45) is 5.73 Å². The summed E-state index contributed by atoms with van der Waals surface area (Å²) in [6.45, 7) is 0.241. The fourth-order valence-corrected chi connectivity index (χ4v) is 1.68. The van der Waals surface area contributed by atoms with Crippen LogP contribution in [-0.2, 0) is 0 Å². The van der Waals surface area contributed by atoms with Crippen LogP contribution in [0.1, 0.15) is 22.0 Å². The van der Waals surface area contributed by atoms with E-state index in [0.717, 1.165) is 11.8 Å². The van der Waals surface area contributed by atoms with Gasteiger partial charge in [-0.1, -0.05) is 30.3 Å². The lowest BCUT2D eigenvalue weighted by molar-refractivity contribution is 0.0947. The molecule has 19 heavy (non-hydrogen) atoms. The van der Waals surface area contributed by atoms with Gasteiger partial charge in [0.15, 0.2) is 5.82 Å². The number of nitrogens with one attached hydrogen (secondary N) is 1. The Labute approximate surface area is 110 Å². The van der Waals surface area contributed by atoms with E-state index in [1.807, 2.05) is 30.3 Å². The van der Waals surface area contributed by atoms with E-state index in [1.54, 1.807) is 0 Å². The summed E-state index contributed by atoms with van der Waals surface area (Å²) < 4.78 is 13.3. The molecule has 1 heterocycles. The second-order valence-electron chi connectivity index (χ2n) is 4.08. The van der Waals surface area contributed by atoms with Gasteiger partial charge in [-0.25, -0.2) is 4.39 Å². The van der Waals surface area contributed by atoms with Gasteiger partial charge in [0.2, 0.25) is 0 Å². The standard InChI is InChI=1S/C14H14FN3O/c15-12-8-17-7-6-11(12)14(19)18-9-13(16)10-4-2-1-3-5-10/h1-8,13H,9,16H2,(H,18,19). The third kappa shape index (κ3) is 3.35. The van der Waals surface area contributed by atoms with Crippen LogP contribution in [0.3, 0.4) is 0 Å². The van der Waals surface area contributed by atoms with E-state index >= 15 is 0 Å². The van der Waals surface area contributed by atoms with Crippen LogP contribution in [0, 0.1) is 5.82 Å². The minimum absolute atomic E-state index is 0.0322. The first-order valence-corrected chi connectivity index (χ1v) is 5.86. The summed E-state index contributed by atoms with van der Waals surface area (Å²) in [7, 11) is 0. The topological polar surface area (TPSA) is 68.0 Å². The lowest BCUT2D eigenvalue weighted by Crippen LogP contribution is -2.32. The van der Waals surface area contributed by atoms with Gasteiger partial charge < -0.3 is 11.1 Å². The molecule has 1 aromatic carbocycles. The van der Waals surface area contributed by atoms with Crippen LogP contribution in [-0.4, -0.2) is 17.4 Å². The van der Waals surface area contributed by atoms with Crippen molar-refractivity contribution < 1.29 is 9.18 Å². The van der Waals surface area contributed by atoms with Crippen LogP contribution < -0.4 is 11.1 Å². The molecule has 3 N–H and O–H groups in total. The number of benzene rings is 1. The number of pyridine rings is 1. The molecule has 0 aliphatic rings. The molecule has 1 amide bonds. The SMILES string of the molecule is NC(CNC(=O)c1ccncc1F)c1ccccc1. The van der Waals surface area contributed by atoms with E-state index in [2.05, 4.69) is 10.3 Å². The van der Waals surface area contributed by atoms with Crippen LogP contribution in [0.15, 0.2) is 48.8 Å². The fourth-order valence-electron chi connectivity index (χ4n) is 1.68. The molecule has 1 aromatic heterocycles. The Bertz CT molecular complexity index is 560. The predicted octanol–water partition coefficient (Wildman–Crippen LogP) is 1.65. The average Bonchev–Trinajstić information content (AvgIpc) is 2.46. The number of amides is 1. The minimum Gasteiger partial charge on any atom is -0.350 e. The molecular formula is C14H14FN3O. The Morgan fingerprint density at radius 2 is 2.05 bits per heavy atom. The van der Waals surface area contributed by atoms with E-state index in [-0.39, 0.29) is 18.2 Å². The molecule has 2 aromatic rings. The number of aromatic nitrogens is 1. The molecule has 2 rings (SSSR count). The highest BCUT2D eigenvalue weighted by Gasteiger charge is 2.12. The number of hydrogen-bond donors (Lipinski definition) is 2. The van der Waals surface area contributed by atoms with Crippen LogP contribution in [0.25, 0.3) is 0 Å². The highest BCUT2D eigenvalue weighted by Crippen LogP contribution is 2.09. The van der Waals surface area contributed by atoms with Crippen molar-refractivity contribution >= 4 is 5.91 Å². The molecule has 0 saturated heterocycles. The molecule has 0 radical (unpaired) electrons. The Hall–Kier alpha value is -2.27. The average molecular weight is 259 g/mol. The Morgan fingerprint density at radius 1 is 1.32 bits per heavy atom. The first-order chi connectivity index (χ1) is 9.18. The summed E-state index contributed by atoms with van der Waals surface area (Å²) in [5.41, 5.74) is 6.82. The molecule has 98 valence electrons. The molecule has 5 heteroatoms. The minimum atomic E-state index is -0.645. The van der Waals surface area contributed by atoms with Crippen molar-refractivity contribution in [1.82, 2.24) is 10.3 Å². The van der Waals surface area contributed by atoms with Crippen molar-refractivity contribution in [3.05, 3.63) is 65.7 Å². The maximum absolute atomic E-state index is 13.3. The summed E-state index contributed by atoms with van der Waals surface area (Å²) in [6, 6.07) is 10.4. The monoisotopic (exact) mass is 259 g/mol. The van der Waals surface area contributed by atoms with Gasteiger partial charge in [0.1, 0.15) is 0 Å². The maximum Gasteiger partial charge on any atom is 0.254 e. The predicted molar refractivity (Wildman–Crippen MR) is 69.9 cm³/mol. The van der Waals surface area contributed by atoms with Crippen molar-refractivity contribution in [2.45, 2.75) is 6.04 Å². The van der Waals surface area contributed by atoms with Crippen LogP contribution in [0.2, 0.25) is 0 Å². The third-order valence-corrected chi connectivity index (χ3v) is 2.73. The van der Waals surface area contributed by atoms with Gasteiger partial charge in [-0.15, -0.1) is 0 Å². The zero-order chi connectivity index (χ0) is 13.7. The van der Waals surface area contributed by atoms with Crippen molar-refractivity contribution in [3.63, 3.8) is 0 Å². The zero-order valence-electron chi connectivity index (χ0n) is 10.2. The molecule has 0 aliphatic carbocycles. The number of halogens is 1. The number of nitrogens with two attached hydrogens (primary N) is 1. The Balaban J connectivity index is 1.96. The second kappa shape index (κ2) is 6.06. The fraction of sp³-hybridized carbons (Fsp3) is 0.143. The van der Waals surface area contributed by atoms with Gasteiger partial charge in [0.05, 0.1) is 11.8 Å². The summed E-state index contributed by atoms with van der Waals surface area (Å²) in [6.07, 6.45) is 2.38. The first-order valence-electron chi connectivity index (χ1n) is 5.86. The molecular weight excluding hydrogens is 245 g/mol. The van der Waals surface area contributed by atoms with Crippen LogP contribution in [0.4, 0.5) is 4.39 Å². The van der Waals surface area contributed by atoms with E-state index in [0.29, 0.717) is 0 Å². The molecule has 4 nitrogen and oxygen atoms in total. The lowest BCUT2D eigenvalue weighted by Gasteiger charge is -2.13. The second-order valence-corrected chi connectivity index (χ2v) is 4.08. The number of carbonyl (C=O) groups excluding carboxylic acids is 1. The van der Waals surface area contributed by atoms with Crippen molar-refractivity contribution in [1.29, 1.82) is 0 Å². The van der Waals surface area contributed by atoms with Gasteiger partial charge in [-0.3, -0.25) is 9.78 Å². The summed E-state index contributed by atoms with van der Waals surface area (Å²) in [5, 5.41) is 2.61. The van der Waals surface area contributed by atoms with Gasteiger partial charge in [0.25, 0.3) is 5.91 Å². The highest BCUT2D eigenvalue weighted by atomic mass is 19.1. The molecule has 1 unspecified atom stereocenters. The van der Waals surface area contributed by atoms with E-state index in [1.165, 1.54) is 12.3 Å². The van der Waals surface area contributed by atoms with E-state index < -0.39 is 11.7 Å². The number of rotatable bonds is 4. The van der Waals surface area contributed by atoms with Gasteiger partial charge in [-0.2, -0.15) is 0 Å². The van der Waals surface area contributed by atoms with Crippen molar-refractivity contribution in [2.75, 3.05) is 6.54 Å². The normalized spacial score (nSPS) is 11.9. The molecule has 1 atom stereocenters. The number of carbonyl (C=O) groups is 1. The first kappa shape index (κ1) is 13.2. The smallest absolute Gasteiger partial charge is 0.254 e. The summed E-state index contributed by atoms with van der Waals surface area (Å²) in [5.74, 6) is -1.14. The summed E-state index contributed by atoms with van der Waals surface area (Å²) >= 11 is 0. The van der Waals surface area contributed by atoms with Crippen molar-refractivity contribution in [3.8, 4) is 0 Å². The molecule has 0 fully saturated rings. The molecule has 0 bridgehead atoms. The largest absolute Gasteiger partial charge is 0.350 e. The highest BCUT2D eigenvalue weighted by molar-refractivity contribution is 5.94. The Morgan fingerprint density at radius 3 is 2.74 bits per heavy atom.